The van der Waals surface area contributed by atoms with E-state index in [2.05, 4.69) is 5.32 Å². The summed E-state index contributed by atoms with van der Waals surface area (Å²) in [4.78, 5) is 26.0. The molecule has 3 aromatic rings. The van der Waals surface area contributed by atoms with E-state index >= 15 is 0 Å². The summed E-state index contributed by atoms with van der Waals surface area (Å²) in [5, 5.41) is 3.66. The molecule has 0 aliphatic heterocycles. The quantitative estimate of drug-likeness (QED) is 0.638. The maximum atomic E-state index is 12.4. The van der Waals surface area contributed by atoms with Gasteiger partial charge in [-0.15, -0.1) is 0 Å². The highest BCUT2D eigenvalue weighted by Crippen LogP contribution is 2.27. The predicted molar refractivity (Wildman–Crippen MR) is 111 cm³/mol. The Labute approximate surface area is 164 Å². The minimum atomic E-state index is -0.298. The van der Waals surface area contributed by atoms with Gasteiger partial charge in [-0.05, 0) is 17.7 Å². The van der Waals surface area contributed by atoms with Crippen LogP contribution in [0.1, 0.15) is 23.8 Å². The first-order valence-electron chi connectivity index (χ1n) is 9.32. The number of hydrogen-bond acceptors (Lipinski definition) is 3. The molecule has 0 aliphatic carbocycles. The normalized spacial score (nSPS) is 11.1. The molecule has 1 aromatic heterocycles. The van der Waals surface area contributed by atoms with Crippen molar-refractivity contribution in [2.24, 2.45) is 0 Å². The van der Waals surface area contributed by atoms with Crippen LogP contribution in [0.4, 0.5) is 0 Å². The van der Waals surface area contributed by atoms with Crippen LogP contribution in [0.5, 0.6) is 0 Å². The van der Waals surface area contributed by atoms with Gasteiger partial charge in [0.25, 0.3) is 0 Å². The number of amides is 2. The largest absolute Gasteiger partial charge is 0.461 e. The lowest BCUT2D eigenvalue weighted by Crippen LogP contribution is -2.37. The summed E-state index contributed by atoms with van der Waals surface area (Å²) in [6.45, 7) is 2.42. The third-order valence-corrected chi connectivity index (χ3v) is 4.56. The number of benzene rings is 2. The Balaban J connectivity index is 1.58. The third-order valence-electron chi connectivity index (χ3n) is 4.56. The van der Waals surface area contributed by atoms with Crippen LogP contribution in [0.2, 0.25) is 0 Å². The van der Waals surface area contributed by atoms with Gasteiger partial charge < -0.3 is 14.6 Å². The summed E-state index contributed by atoms with van der Waals surface area (Å²) in [5.41, 5.74) is 2.78. The number of likely N-dealkylation sites (N-methyl/N-ethyl adjacent to an activating group) is 1. The number of nitrogens with one attached hydrogen (secondary N) is 1. The van der Waals surface area contributed by atoms with Crippen LogP contribution in [-0.4, -0.2) is 30.3 Å². The molecule has 0 spiro atoms. The van der Waals surface area contributed by atoms with Crippen molar-refractivity contribution in [3.8, 4) is 0 Å². The van der Waals surface area contributed by atoms with Gasteiger partial charge in [-0.2, -0.15) is 0 Å². The lowest BCUT2D eigenvalue weighted by atomic mass is 10.1. The van der Waals surface area contributed by atoms with Crippen molar-refractivity contribution in [3.05, 3.63) is 77.6 Å². The molecule has 0 atom stereocenters. The molecule has 28 heavy (non-hydrogen) atoms. The summed E-state index contributed by atoms with van der Waals surface area (Å²) in [5.74, 6) is 0.429. The minimum Gasteiger partial charge on any atom is -0.461 e. The first-order valence-corrected chi connectivity index (χ1v) is 9.32. The van der Waals surface area contributed by atoms with E-state index in [1.165, 1.54) is 6.08 Å². The zero-order chi connectivity index (χ0) is 19.9. The smallest absolute Gasteiger partial charge is 0.244 e. The fraction of sp³-hybridized carbons (Fsp3) is 0.217. The highest BCUT2D eigenvalue weighted by molar-refractivity contribution is 5.94. The van der Waals surface area contributed by atoms with E-state index in [4.69, 9.17) is 4.42 Å². The van der Waals surface area contributed by atoms with E-state index in [-0.39, 0.29) is 18.4 Å². The van der Waals surface area contributed by atoms with Gasteiger partial charge in [0.05, 0.1) is 6.54 Å². The van der Waals surface area contributed by atoms with Crippen molar-refractivity contribution in [1.82, 2.24) is 10.2 Å². The topological polar surface area (TPSA) is 62.6 Å². The zero-order valence-electron chi connectivity index (χ0n) is 16.1. The van der Waals surface area contributed by atoms with Crippen LogP contribution in [0.3, 0.4) is 0 Å². The molecule has 1 heterocycles. The first-order chi connectivity index (χ1) is 13.6. The molecule has 0 radical (unpaired) electrons. The summed E-state index contributed by atoms with van der Waals surface area (Å²) in [6.07, 6.45) is 3.91. The second-order valence-corrected chi connectivity index (χ2v) is 6.57. The average molecular weight is 376 g/mol. The van der Waals surface area contributed by atoms with Crippen LogP contribution in [-0.2, 0) is 22.6 Å². The minimum absolute atomic E-state index is 0.0499. The number of carbonyl (C=O) groups excluding carboxylic acids is 2. The Hall–Kier alpha value is -3.34. The number of aryl methyl sites for hydroxylation is 1. The molecule has 0 saturated carbocycles. The SMILES string of the molecule is CCc1oc2ccccc2c1CN(C)C(=O)CNC(=O)/C=C/c1ccccc1. The first kappa shape index (κ1) is 19.4. The van der Waals surface area contributed by atoms with Crippen LogP contribution >= 0.6 is 0 Å². The van der Waals surface area contributed by atoms with Crippen molar-refractivity contribution in [1.29, 1.82) is 0 Å². The van der Waals surface area contributed by atoms with Crippen molar-refractivity contribution in [3.63, 3.8) is 0 Å². The Bertz CT molecular complexity index is 990. The highest BCUT2D eigenvalue weighted by atomic mass is 16.3. The lowest BCUT2D eigenvalue weighted by Gasteiger charge is -2.17. The molecule has 3 rings (SSSR count). The lowest BCUT2D eigenvalue weighted by molar-refractivity contribution is -0.131. The van der Waals surface area contributed by atoms with E-state index in [9.17, 15) is 9.59 Å². The molecule has 1 N–H and O–H groups in total. The monoisotopic (exact) mass is 376 g/mol. The predicted octanol–water partition coefficient (Wildman–Crippen LogP) is 3.78. The molecule has 2 aromatic carbocycles. The molecule has 0 saturated heterocycles. The van der Waals surface area contributed by atoms with E-state index in [0.717, 1.165) is 34.3 Å². The Morgan fingerprint density at radius 3 is 2.54 bits per heavy atom. The highest BCUT2D eigenvalue weighted by Gasteiger charge is 2.17. The standard InChI is InChI=1S/C23H24N2O3/c1-3-20-19(18-11-7-8-12-21(18)28-20)16-25(2)23(27)15-24-22(26)14-13-17-9-5-4-6-10-17/h4-14H,3,15-16H2,1-2H3,(H,24,26)/b14-13+. The third kappa shape index (κ3) is 4.68. The Morgan fingerprint density at radius 2 is 1.79 bits per heavy atom. The molecular weight excluding hydrogens is 352 g/mol. The fourth-order valence-electron chi connectivity index (χ4n) is 3.03. The van der Waals surface area contributed by atoms with Gasteiger partial charge in [-0.1, -0.05) is 55.5 Å². The van der Waals surface area contributed by atoms with Crippen LogP contribution in [0.15, 0.2) is 65.1 Å². The number of hydrogen-bond donors (Lipinski definition) is 1. The number of nitrogens with zero attached hydrogens (tertiary/aromatic N) is 1. The van der Waals surface area contributed by atoms with Crippen LogP contribution in [0.25, 0.3) is 17.0 Å². The molecule has 0 unspecified atom stereocenters. The second kappa shape index (κ2) is 9.04. The number of fused-ring (bicyclic) bond motifs is 1. The second-order valence-electron chi connectivity index (χ2n) is 6.57. The van der Waals surface area contributed by atoms with Crippen LogP contribution < -0.4 is 5.32 Å². The van der Waals surface area contributed by atoms with Crippen molar-refractivity contribution in [2.75, 3.05) is 13.6 Å². The van der Waals surface area contributed by atoms with Gasteiger partial charge in [-0.25, -0.2) is 0 Å². The van der Waals surface area contributed by atoms with Crippen molar-refractivity contribution >= 4 is 28.9 Å². The van der Waals surface area contributed by atoms with E-state index in [1.54, 1.807) is 18.0 Å². The molecule has 0 bridgehead atoms. The maximum absolute atomic E-state index is 12.4. The summed E-state index contributed by atoms with van der Waals surface area (Å²) in [6, 6.07) is 17.4. The Kier molecular flexibility index (Phi) is 6.27. The fourth-order valence-corrected chi connectivity index (χ4v) is 3.03. The number of furan rings is 1. The zero-order valence-corrected chi connectivity index (χ0v) is 16.1. The van der Waals surface area contributed by atoms with Crippen molar-refractivity contribution in [2.45, 2.75) is 19.9 Å². The van der Waals surface area contributed by atoms with E-state index < -0.39 is 0 Å². The van der Waals surface area contributed by atoms with Gasteiger partial charge >= 0.3 is 0 Å². The van der Waals surface area contributed by atoms with Gasteiger partial charge in [0.2, 0.25) is 11.8 Å². The average Bonchev–Trinajstić information content (AvgIpc) is 3.08. The molecule has 5 nitrogen and oxygen atoms in total. The maximum Gasteiger partial charge on any atom is 0.244 e. The van der Waals surface area contributed by atoms with E-state index in [0.29, 0.717) is 6.54 Å². The molecule has 2 amide bonds. The summed E-state index contributed by atoms with van der Waals surface area (Å²) < 4.78 is 5.88. The summed E-state index contributed by atoms with van der Waals surface area (Å²) >= 11 is 0. The molecule has 0 fully saturated rings. The number of para-hydroxylation sites is 1. The molecule has 0 aliphatic rings. The summed E-state index contributed by atoms with van der Waals surface area (Å²) in [7, 11) is 1.73. The van der Waals surface area contributed by atoms with Gasteiger partial charge in [-0.3, -0.25) is 9.59 Å². The Morgan fingerprint density at radius 1 is 1.07 bits per heavy atom. The van der Waals surface area contributed by atoms with Gasteiger partial charge in [0.1, 0.15) is 11.3 Å². The van der Waals surface area contributed by atoms with Gasteiger partial charge in [0.15, 0.2) is 0 Å². The number of rotatable bonds is 7. The van der Waals surface area contributed by atoms with Gasteiger partial charge in [0, 0.05) is 37.0 Å². The van der Waals surface area contributed by atoms with E-state index in [1.807, 2.05) is 61.5 Å². The molecule has 5 heteroatoms. The van der Waals surface area contributed by atoms with Crippen molar-refractivity contribution < 1.29 is 14.0 Å². The number of carbonyl (C=O) groups is 2. The van der Waals surface area contributed by atoms with Crippen LogP contribution in [0, 0.1) is 0 Å². The molecular formula is C23H24N2O3. The molecule has 144 valence electrons.